The number of carbonyl (C=O) groups is 1. The molecule has 1 atom stereocenters. The Hall–Kier alpha value is -3.52. The van der Waals surface area contributed by atoms with Crippen molar-refractivity contribution in [3.63, 3.8) is 0 Å². The van der Waals surface area contributed by atoms with E-state index in [0.29, 0.717) is 35.4 Å². The van der Waals surface area contributed by atoms with Gasteiger partial charge in [0.1, 0.15) is 16.7 Å². The second kappa shape index (κ2) is 8.55. The van der Waals surface area contributed by atoms with Crippen molar-refractivity contribution in [3.05, 3.63) is 70.2 Å². The molecule has 0 aliphatic carbocycles. The van der Waals surface area contributed by atoms with Crippen molar-refractivity contribution in [2.45, 2.75) is 26.4 Å². The largest absolute Gasteiger partial charge is 0.488 e. The zero-order valence-corrected chi connectivity index (χ0v) is 18.6. The molecule has 8 heteroatoms. The Balaban J connectivity index is 1.32. The number of carbonyl (C=O) groups excluding carboxylic acids is 1. The van der Waals surface area contributed by atoms with E-state index < -0.39 is 0 Å². The van der Waals surface area contributed by atoms with Crippen LogP contribution in [0.15, 0.2) is 59.1 Å². The number of nitrogens with zero attached hydrogens (tertiary/aromatic N) is 4. The molecule has 5 rings (SSSR count). The van der Waals surface area contributed by atoms with Crippen molar-refractivity contribution in [2.24, 2.45) is 0 Å². The van der Waals surface area contributed by atoms with E-state index in [2.05, 4.69) is 15.1 Å². The summed E-state index contributed by atoms with van der Waals surface area (Å²) in [5.74, 6) is 1.63. The fraction of sp³-hybridized carbons (Fsp3) is 0.250. The zero-order valence-electron chi connectivity index (χ0n) is 17.8. The normalized spacial score (nSPS) is 15.8. The number of rotatable bonds is 5. The van der Waals surface area contributed by atoms with Gasteiger partial charge in [-0.25, -0.2) is 4.98 Å². The molecule has 0 bridgehead atoms. The van der Waals surface area contributed by atoms with Gasteiger partial charge in [0.05, 0.1) is 22.8 Å². The Bertz CT molecular complexity index is 1250. The van der Waals surface area contributed by atoms with Crippen LogP contribution in [0, 0.1) is 13.8 Å². The molecule has 0 N–H and O–H groups in total. The molecule has 7 nitrogen and oxygen atoms in total. The summed E-state index contributed by atoms with van der Waals surface area (Å²) in [6.07, 6.45) is 0.654. The molecule has 32 heavy (non-hydrogen) atoms. The number of likely N-dealkylation sites (tertiary alicyclic amines) is 1. The summed E-state index contributed by atoms with van der Waals surface area (Å²) in [7, 11) is 0. The molecule has 0 radical (unpaired) electrons. The van der Waals surface area contributed by atoms with E-state index in [-0.39, 0.29) is 12.0 Å². The van der Waals surface area contributed by atoms with Gasteiger partial charge in [0, 0.05) is 18.5 Å². The lowest BCUT2D eigenvalue weighted by molar-refractivity contribution is 0.0776. The lowest BCUT2D eigenvalue weighted by Gasteiger charge is -2.17. The number of amides is 1. The molecule has 2 aromatic carbocycles. The first kappa shape index (κ1) is 20.4. The smallest absolute Gasteiger partial charge is 0.265 e. The lowest BCUT2D eigenvalue weighted by Crippen LogP contribution is -2.30. The van der Waals surface area contributed by atoms with Gasteiger partial charge in [-0.15, -0.1) is 11.3 Å². The molecule has 1 aliphatic rings. The van der Waals surface area contributed by atoms with Crippen LogP contribution in [0.5, 0.6) is 5.75 Å². The highest BCUT2D eigenvalue weighted by Gasteiger charge is 2.31. The minimum absolute atomic E-state index is 0.0249. The minimum atomic E-state index is -0.106. The predicted molar refractivity (Wildman–Crippen MR) is 122 cm³/mol. The maximum Gasteiger partial charge on any atom is 0.265 e. The summed E-state index contributed by atoms with van der Waals surface area (Å²) in [6.45, 7) is 4.98. The highest BCUT2D eigenvalue weighted by Crippen LogP contribution is 2.32. The Kier molecular flexibility index (Phi) is 5.45. The summed E-state index contributed by atoms with van der Waals surface area (Å²) in [6, 6.07) is 17.3. The molecule has 2 aromatic heterocycles. The number of ether oxygens (including phenoxy) is 1. The van der Waals surface area contributed by atoms with E-state index in [1.54, 1.807) is 0 Å². The van der Waals surface area contributed by atoms with Crippen molar-refractivity contribution in [3.8, 4) is 28.6 Å². The highest BCUT2D eigenvalue weighted by atomic mass is 32.1. The fourth-order valence-electron chi connectivity index (χ4n) is 3.85. The first-order valence-electron chi connectivity index (χ1n) is 10.5. The first-order valence-corrected chi connectivity index (χ1v) is 11.3. The number of para-hydroxylation sites is 1. The van der Waals surface area contributed by atoms with Crippen LogP contribution >= 0.6 is 11.3 Å². The summed E-state index contributed by atoms with van der Waals surface area (Å²) in [5, 5.41) is 5.02. The Morgan fingerprint density at radius 3 is 2.66 bits per heavy atom. The van der Waals surface area contributed by atoms with Gasteiger partial charge < -0.3 is 14.2 Å². The fourth-order valence-corrected chi connectivity index (χ4v) is 4.73. The minimum Gasteiger partial charge on any atom is -0.488 e. The van der Waals surface area contributed by atoms with Crippen LogP contribution in [0.1, 0.15) is 26.8 Å². The second-order valence-corrected chi connectivity index (χ2v) is 8.92. The van der Waals surface area contributed by atoms with Gasteiger partial charge in [-0.1, -0.05) is 47.6 Å². The number of hydrogen-bond donors (Lipinski definition) is 0. The average molecular weight is 447 g/mol. The third-order valence-corrected chi connectivity index (χ3v) is 6.46. The van der Waals surface area contributed by atoms with Gasteiger partial charge in [-0.05, 0) is 26.0 Å². The molecule has 1 aliphatic heterocycles. The molecule has 1 fully saturated rings. The molecule has 0 spiro atoms. The van der Waals surface area contributed by atoms with Gasteiger partial charge in [-0.3, -0.25) is 4.79 Å². The van der Waals surface area contributed by atoms with E-state index in [4.69, 9.17) is 9.26 Å². The van der Waals surface area contributed by atoms with E-state index in [1.807, 2.05) is 73.3 Å². The summed E-state index contributed by atoms with van der Waals surface area (Å²) in [4.78, 5) is 24.4. The zero-order chi connectivity index (χ0) is 22.1. The van der Waals surface area contributed by atoms with Gasteiger partial charge in [-0.2, -0.15) is 4.98 Å². The molecule has 1 unspecified atom stereocenters. The van der Waals surface area contributed by atoms with Gasteiger partial charge in [0.2, 0.25) is 5.82 Å². The van der Waals surface area contributed by atoms with E-state index in [0.717, 1.165) is 28.2 Å². The lowest BCUT2D eigenvalue weighted by atomic mass is 10.2. The molecule has 4 aromatic rings. The van der Waals surface area contributed by atoms with Crippen LogP contribution in [-0.4, -0.2) is 45.1 Å². The Morgan fingerprint density at radius 2 is 1.88 bits per heavy atom. The average Bonchev–Trinajstić information content (AvgIpc) is 3.55. The Morgan fingerprint density at radius 1 is 1.09 bits per heavy atom. The van der Waals surface area contributed by atoms with Gasteiger partial charge in [0.25, 0.3) is 11.8 Å². The Labute approximate surface area is 189 Å². The molecule has 1 saturated heterocycles. The van der Waals surface area contributed by atoms with Crippen molar-refractivity contribution in [1.29, 1.82) is 0 Å². The standard InChI is InChI=1S/C24H22N4O3S/c1-15-21(32-16(2)25-15)24(29)28-13-12-18(14-28)30-20-11-7-6-10-19(20)23-26-22(27-31-23)17-8-4-3-5-9-17/h3-11,18H,12-14H2,1-2H3. The maximum atomic E-state index is 12.9. The summed E-state index contributed by atoms with van der Waals surface area (Å²) < 4.78 is 11.8. The molecule has 1 amide bonds. The van der Waals surface area contributed by atoms with E-state index in [1.165, 1.54) is 11.3 Å². The van der Waals surface area contributed by atoms with Crippen LogP contribution < -0.4 is 4.74 Å². The number of benzene rings is 2. The van der Waals surface area contributed by atoms with Gasteiger partial charge in [0.15, 0.2) is 0 Å². The van der Waals surface area contributed by atoms with Crippen LogP contribution in [0.2, 0.25) is 0 Å². The SMILES string of the molecule is Cc1nc(C)c(C(=O)N2CCC(Oc3ccccc3-c3nc(-c4ccccc4)no3)C2)s1. The van der Waals surface area contributed by atoms with Crippen LogP contribution in [0.25, 0.3) is 22.8 Å². The molecule has 162 valence electrons. The topological polar surface area (TPSA) is 81.4 Å². The third kappa shape index (κ3) is 4.01. The number of thiazole rings is 1. The molecule has 0 saturated carbocycles. The second-order valence-electron chi connectivity index (χ2n) is 7.71. The first-order chi connectivity index (χ1) is 15.6. The molecular weight excluding hydrogens is 424 g/mol. The number of aromatic nitrogens is 3. The maximum absolute atomic E-state index is 12.9. The number of aryl methyl sites for hydroxylation is 2. The van der Waals surface area contributed by atoms with Crippen LogP contribution in [0.4, 0.5) is 0 Å². The quantitative estimate of drug-likeness (QED) is 0.439. The molecule has 3 heterocycles. The van der Waals surface area contributed by atoms with Crippen molar-refractivity contribution in [1.82, 2.24) is 20.0 Å². The summed E-state index contributed by atoms with van der Waals surface area (Å²) in [5.41, 5.74) is 2.41. The highest BCUT2D eigenvalue weighted by molar-refractivity contribution is 7.13. The predicted octanol–water partition coefficient (Wildman–Crippen LogP) is 4.77. The van der Waals surface area contributed by atoms with Crippen LogP contribution in [-0.2, 0) is 0 Å². The van der Waals surface area contributed by atoms with Crippen molar-refractivity contribution < 1.29 is 14.1 Å². The number of hydrogen-bond acceptors (Lipinski definition) is 7. The van der Waals surface area contributed by atoms with Crippen molar-refractivity contribution in [2.75, 3.05) is 13.1 Å². The van der Waals surface area contributed by atoms with Gasteiger partial charge >= 0.3 is 0 Å². The molecular formula is C24H22N4O3S. The van der Waals surface area contributed by atoms with Crippen LogP contribution in [0.3, 0.4) is 0 Å². The summed E-state index contributed by atoms with van der Waals surface area (Å²) >= 11 is 1.44. The monoisotopic (exact) mass is 446 g/mol. The van der Waals surface area contributed by atoms with E-state index >= 15 is 0 Å². The van der Waals surface area contributed by atoms with E-state index in [9.17, 15) is 4.79 Å². The van der Waals surface area contributed by atoms with Crippen molar-refractivity contribution >= 4 is 17.2 Å². The third-order valence-electron chi connectivity index (χ3n) is 5.40.